The minimum absolute atomic E-state index is 0.440. The summed E-state index contributed by atoms with van der Waals surface area (Å²) in [7, 11) is 0. The second-order valence-electron chi connectivity index (χ2n) is 3.33. The lowest BCUT2D eigenvalue weighted by Crippen LogP contribution is -2.18. The minimum Gasteiger partial charge on any atom is -0.229 e. The van der Waals surface area contributed by atoms with Crippen molar-refractivity contribution in [2.75, 3.05) is 0 Å². The van der Waals surface area contributed by atoms with Crippen LogP contribution in [0.5, 0.6) is 0 Å². The standard InChI is InChI=1S/C7H11O/c8-7-3-1-6(5-7)2-4-7/h6H,1-5H2. The molecule has 1 radical (unpaired) electrons. The Morgan fingerprint density at radius 2 is 1.88 bits per heavy atom. The second kappa shape index (κ2) is 1.27. The van der Waals surface area contributed by atoms with Crippen LogP contribution in [-0.4, -0.2) is 5.60 Å². The summed E-state index contributed by atoms with van der Waals surface area (Å²) in [4.78, 5) is 0. The van der Waals surface area contributed by atoms with Crippen molar-refractivity contribution >= 4 is 0 Å². The molecule has 0 saturated heterocycles. The highest BCUT2D eigenvalue weighted by molar-refractivity contribution is 4.95. The first-order valence-corrected chi connectivity index (χ1v) is 3.49. The summed E-state index contributed by atoms with van der Waals surface area (Å²) in [6.07, 6.45) is 5.38. The lowest BCUT2D eigenvalue weighted by atomic mass is 9.98. The number of rotatable bonds is 0. The van der Waals surface area contributed by atoms with Gasteiger partial charge < -0.3 is 0 Å². The Morgan fingerprint density at radius 1 is 1.25 bits per heavy atom. The molecule has 2 aliphatic rings. The molecule has 2 rings (SSSR count). The van der Waals surface area contributed by atoms with Crippen LogP contribution < -0.4 is 0 Å². The van der Waals surface area contributed by atoms with Gasteiger partial charge in [-0.3, -0.25) is 0 Å². The van der Waals surface area contributed by atoms with E-state index in [1.165, 1.54) is 12.8 Å². The van der Waals surface area contributed by atoms with Gasteiger partial charge >= 0.3 is 0 Å². The Hall–Kier alpha value is -0.0400. The van der Waals surface area contributed by atoms with Crippen molar-refractivity contribution in [3.8, 4) is 0 Å². The minimum atomic E-state index is -0.440. The molecule has 2 bridgehead atoms. The summed E-state index contributed by atoms with van der Waals surface area (Å²) in [6.45, 7) is 0. The van der Waals surface area contributed by atoms with Gasteiger partial charge in [-0.1, -0.05) is 0 Å². The van der Waals surface area contributed by atoms with Crippen LogP contribution in [0.15, 0.2) is 0 Å². The lowest BCUT2D eigenvalue weighted by Gasteiger charge is -2.14. The molecule has 0 aromatic rings. The number of fused-ring (bicyclic) bond motifs is 2. The molecule has 8 heavy (non-hydrogen) atoms. The molecule has 1 heteroatoms. The fourth-order valence-corrected chi connectivity index (χ4v) is 2.14. The maximum absolute atomic E-state index is 11.3. The van der Waals surface area contributed by atoms with Crippen molar-refractivity contribution in [2.24, 2.45) is 5.92 Å². The van der Waals surface area contributed by atoms with E-state index in [-0.39, 0.29) is 0 Å². The Bertz CT molecular complexity index is 101. The van der Waals surface area contributed by atoms with E-state index < -0.39 is 5.60 Å². The van der Waals surface area contributed by atoms with Gasteiger partial charge in [0.15, 0.2) is 0 Å². The summed E-state index contributed by atoms with van der Waals surface area (Å²) < 4.78 is 0. The molecular weight excluding hydrogens is 100 g/mol. The Labute approximate surface area is 49.7 Å². The van der Waals surface area contributed by atoms with Crippen LogP contribution in [0.4, 0.5) is 0 Å². The number of hydrogen-bond donors (Lipinski definition) is 0. The molecule has 2 aliphatic carbocycles. The fraction of sp³-hybridized carbons (Fsp3) is 1.00. The molecular formula is C7H11O. The molecule has 45 valence electrons. The van der Waals surface area contributed by atoms with E-state index in [9.17, 15) is 5.11 Å². The van der Waals surface area contributed by atoms with E-state index in [1.54, 1.807) is 0 Å². The maximum atomic E-state index is 11.3. The zero-order chi connectivity index (χ0) is 5.61. The van der Waals surface area contributed by atoms with Crippen LogP contribution in [-0.2, 0) is 5.11 Å². The summed E-state index contributed by atoms with van der Waals surface area (Å²) in [5.74, 6) is 0.826. The quantitative estimate of drug-likeness (QED) is 0.454. The van der Waals surface area contributed by atoms with E-state index in [1.807, 2.05) is 0 Å². The predicted octanol–water partition coefficient (Wildman–Crippen LogP) is 1.75. The Kier molecular flexibility index (Phi) is 0.762. The molecule has 0 atom stereocenters. The molecule has 0 aromatic heterocycles. The van der Waals surface area contributed by atoms with Gasteiger partial charge in [0.1, 0.15) is 5.60 Å². The molecule has 1 nitrogen and oxygen atoms in total. The topological polar surface area (TPSA) is 19.9 Å². The van der Waals surface area contributed by atoms with Gasteiger partial charge in [-0.2, -0.15) is 0 Å². The van der Waals surface area contributed by atoms with Gasteiger partial charge in [-0.15, -0.1) is 0 Å². The molecule has 2 fully saturated rings. The maximum Gasteiger partial charge on any atom is 0.104 e. The third kappa shape index (κ3) is 0.510. The van der Waals surface area contributed by atoms with Crippen molar-refractivity contribution in [3.05, 3.63) is 0 Å². The van der Waals surface area contributed by atoms with Gasteiger partial charge in [0, 0.05) is 0 Å². The molecule has 2 saturated carbocycles. The van der Waals surface area contributed by atoms with Gasteiger partial charge in [0.05, 0.1) is 0 Å². The molecule has 0 aromatic carbocycles. The van der Waals surface area contributed by atoms with Gasteiger partial charge in [-0.25, -0.2) is 5.11 Å². The van der Waals surface area contributed by atoms with Crippen LogP contribution in [0.1, 0.15) is 32.1 Å². The van der Waals surface area contributed by atoms with Crippen LogP contribution in [0, 0.1) is 5.92 Å². The first-order valence-electron chi connectivity index (χ1n) is 3.49. The summed E-state index contributed by atoms with van der Waals surface area (Å²) in [5, 5.41) is 11.3. The van der Waals surface area contributed by atoms with Crippen molar-refractivity contribution in [1.29, 1.82) is 0 Å². The smallest absolute Gasteiger partial charge is 0.104 e. The van der Waals surface area contributed by atoms with Gasteiger partial charge in [0.25, 0.3) is 0 Å². The average Bonchev–Trinajstić information content (AvgIpc) is 2.21. The van der Waals surface area contributed by atoms with Crippen LogP contribution in [0.25, 0.3) is 0 Å². The third-order valence-electron chi connectivity index (χ3n) is 2.68. The van der Waals surface area contributed by atoms with E-state index in [0.717, 1.165) is 25.2 Å². The first kappa shape index (κ1) is 4.80. The molecule has 0 amide bonds. The Balaban J connectivity index is 2.19. The van der Waals surface area contributed by atoms with Gasteiger partial charge in [-0.05, 0) is 38.0 Å². The van der Waals surface area contributed by atoms with E-state index in [4.69, 9.17) is 0 Å². The fourth-order valence-electron chi connectivity index (χ4n) is 2.14. The largest absolute Gasteiger partial charge is 0.229 e. The van der Waals surface area contributed by atoms with E-state index in [0.29, 0.717) is 0 Å². The second-order valence-corrected chi connectivity index (χ2v) is 3.33. The van der Waals surface area contributed by atoms with Crippen LogP contribution in [0.3, 0.4) is 0 Å². The van der Waals surface area contributed by atoms with Gasteiger partial charge in [0.2, 0.25) is 0 Å². The summed E-state index contributed by atoms with van der Waals surface area (Å²) in [5.41, 5.74) is -0.440. The van der Waals surface area contributed by atoms with Crippen LogP contribution >= 0.6 is 0 Å². The van der Waals surface area contributed by atoms with E-state index in [2.05, 4.69) is 0 Å². The highest BCUT2D eigenvalue weighted by atomic mass is 16.3. The average molecular weight is 111 g/mol. The highest BCUT2D eigenvalue weighted by Crippen LogP contribution is 2.47. The molecule has 0 heterocycles. The van der Waals surface area contributed by atoms with Crippen molar-refractivity contribution < 1.29 is 5.11 Å². The summed E-state index contributed by atoms with van der Waals surface area (Å²) in [6, 6.07) is 0. The monoisotopic (exact) mass is 111 g/mol. The Morgan fingerprint density at radius 3 is 2.00 bits per heavy atom. The SMILES string of the molecule is [O]C12CCC(CC1)C2. The summed E-state index contributed by atoms with van der Waals surface area (Å²) >= 11 is 0. The number of hydrogen-bond acceptors (Lipinski definition) is 0. The van der Waals surface area contributed by atoms with Crippen molar-refractivity contribution in [3.63, 3.8) is 0 Å². The molecule has 0 spiro atoms. The highest BCUT2D eigenvalue weighted by Gasteiger charge is 2.44. The zero-order valence-corrected chi connectivity index (χ0v) is 5.02. The van der Waals surface area contributed by atoms with E-state index >= 15 is 0 Å². The zero-order valence-electron chi connectivity index (χ0n) is 5.02. The van der Waals surface area contributed by atoms with Crippen molar-refractivity contribution in [2.45, 2.75) is 37.7 Å². The van der Waals surface area contributed by atoms with Crippen LogP contribution in [0.2, 0.25) is 0 Å². The molecule has 0 aliphatic heterocycles. The predicted molar refractivity (Wildman–Crippen MR) is 30.0 cm³/mol. The normalized spacial score (nSPS) is 52.9. The first-order chi connectivity index (χ1) is 3.79. The molecule has 0 unspecified atom stereocenters. The van der Waals surface area contributed by atoms with Crippen molar-refractivity contribution in [1.82, 2.24) is 0 Å². The third-order valence-corrected chi connectivity index (χ3v) is 2.68. The molecule has 0 N–H and O–H groups in total. The lowest BCUT2D eigenvalue weighted by molar-refractivity contribution is -0.0194.